The Bertz CT molecular complexity index is 383. The van der Waals surface area contributed by atoms with E-state index in [0.29, 0.717) is 11.7 Å². The number of carboxylic acid groups (broad SMARTS) is 1. The van der Waals surface area contributed by atoms with E-state index in [1.165, 1.54) is 19.3 Å². The molecular formula is C11H15BrN2O2. The predicted molar refractivity (Wildman–Crippen MR) is 63.4 cm³/mol. The first-order valence-corrected chi connectivity index (χ1v) is 6.42. The molecule has 0 aromatic carbocycles. The monoisotopic (exact) mass is 286 g/mol. The first kappa shape index (κ1) is 11.6. The zero-order chi connectivity index (χ0) is 11.5. The van der Waals surface area contributed by atoms with Crippen molar-refractivity contribution in [2.75, 3.05) is 0 Å². The topological polar surface area (TPSA) is 55.1 Å². The number of carboxylic acids is 1. The molecule has 4 nitrogen and oxygen atoms in total. The highest BCUT2D eigenvalue weighted by Gasteiger charge is 2.19. The lowest BCUT2D eigenvalue weighted by molar-refractivity contribution is -0.136. The molecule has 0 aliphatic heterocycles. The van der Waals surface area contributed by atoms with E-state index in [-0.39, 0.29) is 6.42 Å². The van der Waals surface area contributed by atoms with Crippen molar-refractivity contribution in [1.82, 2.24) is 9.78 Å². The number of carbonyl (C=O) groups is 1. The normalized spacial score (nSPS) is 17.6. The summed E-state index contributed by atoms with van der Waals surface area (Å²) in [6, 6.07) is 2.24. The molecule has 0 saturated heterocycles. The maximum Gasteiger partial charge on any atom is 0.309 e. The molecule has 0 amide bonds. The maximum absolute atomic E-state index is 10.6. The zero-order valence-corrected chi connectivity index (χ0v) is 10.6. The van der Waals surface area contributed by atoms with Gasteiger partial charge < -0.3 is 5.11 Å². The summed E-state index contributed by atoms with van der Waals surface area (Å²) >= 11 is 3.45. The van der Waals surface area contributed by atoms with Crippen LogP contribution in [0.5, 0.6) is 0 Å². The van der Waals surface area contributed by atoms with E-state index < -0.39 is 5.97 Å². The van der Waals surface area contributed by atoms with E-state index in [9.17, 15) is 4.79 Å². The minimum Gasteiger partial charge on any atom is -0.481 e. The highest BCUT2D eigenvalue weighted by atomic mass is 79.9. The van der Waals surface area contributed by atoms with Crippen LogP contribution in [0.2, 0.25) is 0 Å². The van der Waals surface area contributed by atoms with Crippen LogP contribution >= 0.6 is 15.9 Å². The third kappa shape index (κ3) is 2.64. The zero-order valence-electron chi connectivity index (χ0n) is 9.03. The van der Waals surface area contributed by atoms with Crippen molar-refractivity contribution < 1.29 is 9.90 Å². The van der Waals surface area contributed by atoms with Crippen LogP contribution in [0.3, 0.4) is 0 Å². The van der Waals surface area contributed by atoms with Crippen molar-refractivity contribution >= 4 is 21.9 Å². The third-order valence-corrected chi connectivity index (χ3v) is 3.59. The molecule has 1 N–H and O–H groups in total. The van der Waals surface area contributed by atoms with Crippen molar-refractivity contribution in [3.63, 3.8) is 0 Å². The number of hydrogen-bond acceptors (Lipinski definition) is 2. The first-order valence-electron chi connectivity index (χ1n) is 5.62. The van der Waals surface area contributed by atoms with Crippen LogP contribution in [0.1, 0.15) is 43.8 Å². The van der Waals surface area contributed by atoms with Crippen LogP contribution in [0.4, 0.5) is 0 Å². The number of rotatable bonds is 3. The summed E-state index contributed by atoms with van der Waals surface area (Å²) in [5.41, 5.74) is 0.630. The molecule has 2 rings (SSSR count). The summed E-state index contributed by atoms with van der Waals surface area (Å²) in [6.45, 7) is 0. The highest BCUT2D eigenvalue weighted by molar-refractivity contribution is 9.10. The van der Waals surface area contributed by atoms with Gasteiger partial charge in [0.05, 0.1) is 18.2 Å². The molecule has 0 spiro atoms. The van der Waals surface area contributed by atoms with E-state index in [1.54, 1.807) is 0 Å². The Morgan fingerprint density at radius 3 is 2.81 bits per heavy atom. The van der Waals surface area contributed by atoms with Gasteiger partial charge in [-0.3, -0.25) is 9.48 Å². The fraction of sp³-hybridized carbons (Fsp3) is 0.636. The van der Waals surface area contributed by atoms with Crippen LogP contribution < -0.4 is 0 Å². The van der Waals surface area contributed by atoms with Crippen LogP contribution in [-0.2, 0) is 11.2 Å². The number of hydrogen-bond donors (Lipinski definition) is 1. The van der Waals surface area contributed by atoms with E-state index in [0.717, 1.165) is 17.4 Å². The summed E-state index contributed by atoms with van der Waals surface area (Å²) < 4.78 is 2.84. The summed E-state index contributed by atoms with van der Waals surface area (Å²) in [6.07, 6.45) is 6.08. The van der Waals surface area contributed by atoms with E-state index in [1.807, 2.05) is 10.7 Å². The van der Waals surface area contributed by atoms with Crippen molar-refractivity contribution in [3.8, 4) is 0 Å². The van der Waals surface area contributed by atoms with Gasteiger partial charge in [0.25, 0.3) is 0 Å². The van der Waals surface area contributed by atoms with Gasteiger partial charge in [-0.2, -0.15) is 5.10 Å². The standard InChI is InChI=1S/C11H15BrN2O2/c12-10-6-8(7-11(15)16)13-14(10)9-4-2-1-3-5-9/h6,9H,1-5,7H2,(H,15,16). The molecule has 1 aromatic heterocycles. The largest absolute Gasteiger partial charge is 0.481 e. The van der Waals surface area contributed by atoms with E-state index in [4.69, 9.17) is 5.11 Å². The second-order valence-corrected chi connectivity index (χ2v) is 5.08. The quantitative estimate of drug-likeness (QED) is 0.930. The van der Waals surface area contributed by atoms with Gasteiger partial charge in [-0.05, 0) is 34.8 Å². The number of aliphatic carboxylic acids is 1. The Morgan fingerprint density at radius 1 is 1.50 bits per heavy atom. The first-order chi connectivity index (χ1) is 7.66. The predicted octanol–water partition coefficient (Wildman–Crippen LogP) is 2.78. The Kier molecular flexibility index (Phi) is 3.63. The van der Waals surface area contributed by atoms with E-state index in [2.05, 4.69) is 21.0 Å². The molecule has 0 unspecified atom stereocenters. The SMILES string of the molecule is O=C(O)Cc1cc(Br)n(C2CCCCC2)n1. The van der Waals surface area contributed by atoms with Gasteiger partial charge in [-0.15, -0.1) is 0 Å². The molecular weight excluding hydrogens is 272 g/mol. The van der Waals surface area contributed by atoms with Gasteiger partial charge in [0.1, 0.15) is 4.60 Å². The minimum absolute atomic E-state index is 0.00167. The summed E-state index contributed by atoms with van der Waals surface area (Å²) in [5.74, 6) is -0.833. The fourth-order valence-electron chi connectivity index (χ4n) is 2.24. The number of halogens is 1. The summed E-state index contributed by atoms with van der Waals surface area (Å²) in [4.78, 5) is 10.6. The second kappa shape index (κ2) is 4.99. The molecule has 1 fully saturated rings. The minimum atomic E-state index is -0.833. The Morgan fingerprint density at radius 2 is 2.19 bits per heavy atom. The Balaban J connectivity index is 2.13. The molecule has 1 aliphatic rings. The van der Waals surface area contributed by atoms with Gasteiger partial charge in [0, 0.05) is 0 Å². The van der Waals surface area contributed by atoms with Crippen molar-refractivity contribution in [2.24, 2.45) is 0 Å². The van der Waals surface area contributed by atoms with Gasteiger partial charge in [-0.1, -0.05) is 19.3 Å². The average molecular weight is 287 g/mol. The van der Waals surface area contributed by atoms with Crippen molar-refractivity contribution in [2.45, 2.75) is 44.6 Å². The highest BCUT2D eigenvalue weighted by Crippen LogP contribution is 2.30. The Labute approximate surface area is 103 Å². The smallest absolute Gasteiger partial charge is 0.309 e. The van der Waals surface area contributed by atoms with Crippen molar-refractivity contribution in [1.29, 1.82) is 0 Å². The molecule has 1 heterocycles. The van der Waals surface area contributed by atoms with Gasteiger partial charge in [0.2, 0.25) is 0 Å². The molecule has 1 aromatic rings. The maximum atomic E-state index is 10.6. The summed E-state index contributed by atoms with van der Waals surface area (Å²) in [5, 5.41) is 13.1. The molecule has 16 heavy (non-hydrogen) atoms. The third-order valence-electron chi connectivity index (χ3n) is 2.99. The van der Waals surface area contributed by atoms with Crippen LogP contribution in [-0.4, -0.2) is 20.9 Å². The molecule has 0 bridgehead atoms. The van der Waals surface area contributed by atoms with Gasteiger partial charge in [-0.25, -0.2) is 0 Å². The van der Waals surface area contributed by atoms with E-state index >= 15 is 0 Å². The molecule has 5 heteroatoms. The molecule has 0 radical (unpaired) electrons. The van der Waals surface area contributed by atoms with Gasteiger partial charge >= 0.3 is 5.97 Å². The summed E-state index contributed by atoms with van der Waals surface area (Å²) in [7, 11) is 0. The van der Waals surface area contributed by atoms with Crippen LogP contribution in [0.25, 0.3) is 0 Å². The fourth-order valence-corrected chi connectivity index (χ4v) is 2.87. The second-order valence-electron chi connectivity index (χ2n) is 4.27. The average Bonchev–Trinajstić information content (AvgIpc) is 2.60. The lowest BCUT2D eigenvalue weighted by Gasteiger charge is -2.22. The van der Waals surface area contributed by atoms with Crippen molar-refractivity contribution in [3.05, 3.63) is 16.4 Å². The lowest BCUT2D eigenvalue weighted by atomic mass is 9.96. The number of nitrogens with zero attached hydrogens (tertiary/aromatic N) is 2. The molecule has 1 saturated carbocycles. The molecule has 0 atom stereocenters. The number of aromatic nitrogens is 2. The van der Waals surface area contributed by atoms with Crippen LogP contribution in [0.15, 0.2) is 10.7 Å². The molecule has 1 aliphatic carbocycles. The van der Waals surface area contributed by atoms with Gasteiger partial charge in [0.15, 0.2) is 0 Å². The lowest BCUT2D eigenvalue weighted by Crippen LogP contribution is -2.14. The molecule has 88 valence electrons. The van der Waals surface area contributed by atoms with Crippen LogP contribution in [0, 0.1) is 0 Å². The Hall–Kier alpha value is -0.840.